The molecule has 3 aliphatic rings. The van der Waals surface area contributed by atoms with Crippen molar-refractivity contribution in [2.24, 2.45) is 34.8 Å². The molecule has 1 amide bonds. The molecule has 1 spiro atoms. The lowest BCUT2D eigenvalue weighted by molar-refractivity contribution is -0.124. The molecule has 3 unspecified atom stereocenters. The number of anilines is 1. The van der Waals surface area contributed by atoms with Crippen LogP contribution in [-0.2, 0) is 4.79 Å². The number of H-pyrrole nitrogens is 1. The summed E-state index contributed by atoms with van der Waals surface area (Å²) in [5.74, 6) is 1.94. The highest BCUT2D eigenvalue weighted by Gasteiger charge is 2.63. The van der Waals surface area contributed by atoms with Crippen LogP contribution in [-0.4, -0.2) is 33.9 Å². The fourth-order valence-corrected chi connectivity index (χ4v) is 5.20. The number of carbonyl (C=O) groups is 1. The maximum Gasteiger partial charge on any atom is 0.221 e. The minimum Gasteiger partial charge on any atom is -0.369 e. The van der Waals surface area contributed by atoms with E-state index in [1.807, 2.05) is 12.3 Å². The number of rotatable bonds is 4. The van der Waals surface area contributed by atoms with Crippen LogP contribution < -0.4 is 10.6 Å². The van der Waals surface area contributed by atoms with Gasteiger partial charge in [-0.2, -0.15) is 5.26 Å². The molecule has 1 aliphatic heterocycles. The molecule has 5 rings (SSSR count). The standard InChI is InChI=1S/C19H22N6O/c20-8-12-5-11(12)6-13-7-19(13)9-25(4-2-15(19)16(21)26)18-14-1-3-22-17(14)23-10-24-18/h1,3,10-13,15H,2,4-7,9H2,(H2,21,26)(H,22,23,24)/t11-,12-,13?,15?,19?/m0/s1. The highest BCUT2D eigenvalue weighted by molar-refractivity contribution is 5.87. The van der Waals surface area contributed by atoms with Gasteiger partial charge in [0.2, 0.25) is 5.91 Å². The van der Waals surface area contributed by atoms with Crippen molar-refractivity contribution in [1.82, 2.24) is 15.0 Å². The quantitative estimate of drug-likeness (QED) is 0.873. The number of piperidine rings is 1. The third-order valence-corrected chi connectivity index (χ3v) is 6.80. The lowest BCUT2D eigenvalue weighted by Crippen LogP contribution is -2.48. The number of aromatic nitrogens is 3. The predicted octanol–water partition coefficient (Wildman–Crippen LogP) is 1.83. The van der Waals surface area contributed by atoms with Gasteiger partial charge in [-0.1, -0.05) is 0 Å². The van der Waals surface area contributed by atoms with E-state index in [0.717, 1.165) is 55.6 Å². The molecule has 0 bridgehead atoms. The van der Waals surface area contributed by atoms with Gasteiger partial charge in [0.25, 0.3) is 0 Å². The minimum absolute atomic E-state index is 0.0414. The Hall–Kier alpha value is -2.62. The maximum absolute atomic E-state index is 12.1. The smallest absolute Gasteiger partial charge is 0.221 e. The number of nitrogens with one attached hydrogen (secondary N) is 1. The Morgan fingerprint density at radius 2 is 2.38 bits per heavy atom. The molecular formula is C19H22N6O. The van der Waals surface area contributed by atoms with E-state index in [0.29, 0.717) is 11.8 Å². The summed E-state index contributed by atoms with van der Waals surface area (Å²) in [6, 6.07) is 4.38. The Balaban J connectivity index is 1.41. The molecule has 7 nitrogen and oxygen atoms in total. The first-order valence-electron chi connectivity index (χ1n) is 9.34. The molecule has 5 atom stereocenters. The van der Waals surface area contributed by atoms with Crippen molar-refractivity contribution < 1.29 is 4.79 Å². The van der Waals surface area contributed by atoms with Gasteiger partial charge in [0.05, 0.1) is 11.5 Å². The second kappa shape index (κ2) is 5.44. The Kier molecular flexibility index (Phi) is 3.27. The average molecular weight is 350 g/mol. The third kappa shape index (κ3) is 2.28. The van der Waals surface area contributed by atoms with Crippen molar-refractivity contribution in [3.63, 3.8) is 0 Å². The highest BCUT2D eigenvalue weighted by atomic mass is 16.1. The Morgan fingerprint density at radius 3 is 3.15 bits per heavy atom. The number of primary amides is 1. The molecule has 0 radical (unpaired) electrons. The number of hydrogen-bond acceptors (Lipinski definition) is 5. The van der Waals surface area contributed by atoms with E-state index in [2.05, 4.69) is 25.9 Å². The fraction of sp³-hybridized carbons (Fsp3) is 0.579. The van der Waals surface area contributed by atoms with Crippen LogP contribution in [0, 0.1) is 40.4 Å². The van der Waals surface area contributed by atoms with Crippen LogP contribution in [0.1, 0.15) is 25.7 Å². The number of amides is 1. The van der Waals surface area contributed by atoms with Crippen LogP contribution in [0.5, 0.6) is 0 Å². The van der Waals surface area contributed by atoms with Crippen molar-refractivity contribution in [1.29, 1.82) is 5.26 Å². The number of fused-ring (bicyclic) bond motifs is 1. The molecule has 2 aromatic heterocycles. The highest BCUT2D eigenvalue weighted by Crippen LogP contribution is 2.65. The van der Waals surface area contributed by atoms with Crippen LogP contribution in [0.3, 0.4) is 0 Å². The summed E-state index contributed by atoms with van der Waals surface area (Å²) in [5.41, 5.74) is 6.56. The van der Waals surface area contributed by atoms with Crippen molar-refractivity contribution >= 4 is 22.8 Å². The first-order valence-corrected chi connectivity index (χ1v) is 9.34. The molecule has 3 heterocycles. The molecule has 0 aromatic carbocycles. The van der Waals surface area contributed by atoms with E-state index in [-0.39, 0.29) is 23.2 Å². The summed E-state index contributed by atoms with van der Waals surface area (Å²) in [5, 5.41) is 10.1. The second-order valence-electron chi connectivity index (χ2n) is 8.20. The number of aromatic amines is 1. The predicted molar refractivity (Wildman–Crippen MR) is 95.8 cm³/mol. The number of nitriles is 1. The van der Waals surface area contributed by atoms with Gasteiger partial charge in [0, 0.05) is 36.5 Å². The zero-order chi connectivity index (χ0) is 17.9. The monoisotopic (exact) mass is 350 g/mol. The number of nitrogens with zero attached hydrogens (tertiary/aromatic N) is 4. The SMILES string of the molecule is N#C[C@@H]1C[C@H]1CC1CC12CN(c1ncnc3[nH]ccc13)CCC2C(N)=O. The van der Waals surface area contributed by atoms with Crippen LogP contribution in [0.25, 0.3) is 11.0 Å². The lowest BCUT2D eigenvalue weighted by Gasteiger charge is -2.39. The van der Waals surface area contributed by atoms with Gasteiger partial charge in [-0.05, 0) is 43.6 Å². The van der Waals surface area contributed by atoms with Gasteiger partial charge in [-0.15, -0.1) is 0 Å². The Bertz CT molecular complexity index is 916. The summed E-state index contributed by atoms with van der Waals surface area (Å²) in [7, 11) is 0. The summed E-state index contributed by atoms with van der Waals surface area (Å²) in [4.78, 5) is 26.3. The molecule has 3 fully saturated rings. The van der Waals surface area contributed by atoms with Crippen LogP contribution >= 0.6 is 0 Å². The Labute approximate surface area is 151 Å². The van der Waals surface area contributed by atoms with Gasteiger partial charge < -0.3 is 15.6 Å². The van der Waals surface area contributed by atoms with Gasteiger partial charge in [0.15, 0.2) is 0 Å². The molecule has 134 valence electrons. The van der Waals surface area contributed by atoms with Crippen molar-refractivity contribution in [2.45, 2.75) is 25.7 Å². The first kappa shape index (κ1) is 15.6. The van der Waals surface area contributed by atoms with Gasteiger partial charge in [-0.25, -0.2) is 9.97 Å². The van der Waals surface area contributed by atoms with Crippen LogP contribution in [0.15, 0.2) is 18.6 Å². The topological polar surface area (TPSA) is 112 Å². The molecule has 7 heteroatoms. The molecule has 2 aromatic rings. The normalized spacial score (nSPS) is 35.4. The molecular weight excluding hydrogens is 328 g/mol. The maximum atomic E-state index is 12.1. The molecule has 1 saturated heterocycles. The van der Waals surface area contributed by atoms with E-state index in [1.54, 1.807) is 6.33 Å². The van der Waals surface area contributed by atoms with Crippen LogP contribution in [0.4, 0.5) is 5.82 Å². The summed E-state index contributed by atoms with van der Waals surface area (Å²) < 4.78 is 0. The fourth-order valence-electron chi connectivity index (χ4n) is 5.20. The zero-order valence-electron chi connectivity index (χ0n) is 14.6. The van der Waals surface area contributed by atoms with E-state index in [9.17, 15) is 4.79 Å². The lowest BCUT2D eigenvalue weighted by atomic mass is 9.79. The largest absolute Gasteiger partial charge is 0.369 e. The van der Waals surface area contributed by atoms with Crippen molar-refractivity contribution in [2.75, 3.05) is 18.0 Å². The zero-order valence-corrected chi connectivity index (χ0v) is 14.6. The number of hydrogen-bond donors (Lipinski definition) is 2. The summed E-state index contributed by atoms with van der Waals surface area (Å²) in [6.45, 7) is 1.59. The molecule has 3 N–H and O–H groups in total. The first-order chi connectivity index (χ1) is 12.6. The average Bonchev–Trinajstić information content (AvgIpc) is 3.48. The van der Waals surface area contributed by atoms with Gasteiger partial charge >= 0.3 is 0 Å². The summed E-state index contributed by atoms with van der Waals surface area (Å²) in [6.07, 6.45) is 7.35. The molecule has 2 aliphatic carbocycles. The molecule has 26 heavy (non-hydrogen) atoms. The van der Waals surface area contributed by atoms with E-state index in [4.69, 9.17) is 11.0 Å². The summed E-state index contributed by atoms with van der Waals surface area (Å²) >= 11 is 0. The van der Waals surface area contributed by atoms with E-state index >= 15 is 0 Å². The van der Waals surface area contributed by atoms with Crippen molar-refractivity contribution in [3.8, 4) is 6.07 Å². The van der Waals surface area contributed by atoms with Gasteiger partial charge in [0.1, 0.15) is 17.8 Å². The van der Waals surface area contributed by atoms with E-state index in [1.165, 1.54) is 0 Å². The minimum atomic E-state index is -0.172. The number of carbonyl (C=O) groups excluding carboxylic acids is 1. The third-order valence-electron chi connectivity index (χ3n) is 6.80. The second-order valence-corrected chi connectivity index (χ2v) is 8.20. The van der Waals surface area contributed by atoms with E-state index < -0.39 is 0 Å². The van der Waals surface area contributed by atoms with Gasteiger partial charge in [-0.3, -0.25) is 4.79 Å². The van der Waals surface area contributed by atoms with Crippen LogP contribution in [0.2, 0.25) is 0 Å². The van der Waals surface area contributed by atoms with Crippen molar-refractivity contribution in [3.05, 3.63) is 18.6 Å². The molecule has 2 saturated carbocycles. The Morgan fingerprint density at radius 1 is 1.50 bits per heavy atom. The number of nitrogens with two attached hydrogens (primary N) is 1.